The van der Waals surface area contributed by atoms with Crippen molar-refractivity contribution in [1.29, 1.82) is 0 Å². The molecule has 0 radical (unpaired) electrons. The fraction of sp³-hybridized carbons (Fsp3) is 0.263. The van der Waals surface area contributed by atoms with Crippen LogP contribution in [0.1, 0.15) is 22.7 Å². The van der Waals surface area contributed by atoms with E-state index in [9.17, 15) is 4.79 Å². The number of H-pyrrole nitrogens is 1. The number of hydrogen-bond acceptors (Lipinski definition) is 6. The summed E-state index contributed by atoms with van der Waals surface area (Å²) in [5.41, 5.74) is 2.22. The molecule has 0 saturated carbocycles. The summed E-state index contributed by atoms with van der Waals surface area (Å²) in [5.74, 6) is 2.06. The number of aryl methyl sites for hydroxylation is 2. The van der Waals surface area contributed by atoms with Gasteiger partial charge in [-0.1, -0.05) is 42.1 Å². The normalized spacial score (nSPS) is 13.4. The van der Waals surface area contributed by atoms with Crippen LogP contribution in [0.2, 0.25) is 0 Å². The van der Waals surface area contributed by atoms with Crippen LogP contribution < -0.4 is 5.56 Å². The molecule has 0 amide bonds. The summed E-state index contributed by atoms with van der Waals surface area (Å²) in [5, 5.41) is 10.2. The molecule has 4 aromatic rings. The van der Waals surface area contributed by atoms with E-state index in [1.54, 1.807) is 11.3 Å². The third kappa shape index (κ3) is 2.89. The molecule has 27 heavy (non-hydrogen) atoms. The fourth-order valence-electron chi connectivity index (χ4n) is 3.53. The third-order valence-corrected chi connectivity index (χ3v) is 7.05. The van der Waals surface area contributed by atoms with Crippen molar-refractivity contribution in [2.75, 3.05) is 0 Å². The molecule has 136 valence electrons. The number of rotatable bonds is 4. The first-order valence-corrected chi connectivity index (χ1v) is 10.6. The van der Waals surface area contributed by atoms with Crippen LogP contribution in [-0.2, 0) is 25.6 Å². The van der Waals surface area contributed by atoms with E-state index in [0.717, 1.165) is 46.0 Å². The number of thioether (sulfide) groups is 1. The van der Waals surface area contributed by atoms with Gasteiger partial charge in [0.15, 0.2) is 11.0 Å². The van der Waals surface area contributed by atoms with Crippen LogP contribution in [0, 0.1) is 0 Å². The fourth-order valence-corrected chi connectivity index (χ4v) is 5.59. The van der Waals surface area contributed by atoms with Gasteiger partial charge in [0.25, 0.3) is 5.56 Å². The van der Waals surface area contributed by atoms with Crippen molar-refractivity contribution in [2.24, 2.45) is 7.05 Å². The Morgan fingerprint density at radius 2 is 2.07 bits per heavy atom. The highest BCUT2D eigenvalue weighted by Gasteiger charge is 2.21. The molecule has 1 aliphatic carbocycles. The molecule has 0 spiro atoms. The number of nitrogens with zero attached hydrogens (tertiary/aromatic N) is 4. The predicted octanol–water partition coefficient (Wildman–Crippen LogP) is 3.56. The SMILES string of the molecule is Cn1c(SCc2nc3sc4c(c3c(=O)[nH]2)CCC4)nnc1-c1ccccc1. The smallest absolute Gasteiger partial charge is 0.259 e. The van der Waals surface area contributed by atoms with Crippen LogP contribution in [0.15, 0.2) is 40.3 Å². The van der Waals surface area contributed by atoms with Gasteiger partial charge in [0.2, 0.25) is 0 Å². The molecule has 0 aliphatic heterocycles. The van der Waals surface area contributed by atoms with Crippen molar-refractivity contribution in [2.45, 2.75) is 30.2 Å². The number of benzene rings is 1. The number of thiophene rings is 1. The van der Waals surface area contributed by atoms with Crippen molar-refractivity contribution in [3.63, 3.8) is 0 Å². The van der Waals surface area contributed by atoms with E-state index in [1.165, 1.54) is 22.2 Å². The average molecular weight is 396 g/mol. The van der Waals surface area contributed by atoms with Gasteiger partial charge in [-0.25, -0.2) is 4.98 Å². The summed E-state index contributed by atoms with van der Waals surface area (Å²) < 4.78 is 1.97. The lowest BCUT2D eigenvalue weighted by Crippen LogP contribution is -2.11. The monoisotopic (exact) mass is 395 g/mol. The minimum Gasteiger partial charge on any atom is -0.309 e. The van der Waals surface area contributed by atoms with Crippen LogP contribution >= 0.6 is 23.1 Å². The highest BCUT2D eigenvalue weighted by molar-refractivity contribution is 7.98. The predicted molar refractivity (Wildman–Crippen MR) is 108 cm³/mol. The Balaban J connectivity index is 1.41. The van der Waals surface area contributed by atoms with Gasteiger partial charge in [0, 0.05) is 17.5 Å². The van der Waals surface area contributed by atoms with E-state index in [1.807, 2.05) is 41.9 Å². The van der Waals surface area contributed by atoms with Gasteiger partial charge in [-0.15, -0.1) is 21.5 Å². The van der Waals surface area contributed by atoms with Gasteiger partial charge < -0.3 is 9.55 Å². The van der Waals surface area contributed by atoms with E-state index in [2.05, 4.69) is 15.2 Å². The van der Waals surface area contributed by atoms with Crippen LogP contribution in [0.25, 0.3) is 21.6 Å². The zero-order chi connectivity index (χ0) is 18.4. The number of fused-ring (bicyclic) bond motifs is 3. The lowest BCUT2D eigenvalue weighted by atomic mass is 10.2. The van der Waals surface area contributed by atoms with Gasteiger partial charge >= 0.3 is 0 Å². The van der Waals surface area contributed by atoms with E-state index >= 15 is 0 Å². The Kier molecular flexibility index (Phi) is 4.09. The molecule has 8 heteroatoms. The third-order valence-electron chi connectivity index (χ3n) is 4.83. The van der Waals surface area contributed by atoms with Gasteiger partial charge in [0.05, 0.1) is 11.1 Å². The minimum absolute atomic E-state index is 0.0158. The molecule has 3 heterocycles. The maximum atomic E-state index is 12.6. The molecule has 0 fully saturated rings. The maximum Gasteiger partial charge on any atom is 0.259 e. The summed E-state index contributed by atoms with van der Waals surface area (Å²) in [6.45, 7) is 0. The van der Waals surface area contributed by atoms with E-state index in [-0.39, 0.29) is 5.56 Å². The number of nitrogens with one attached hydrogen (secondary N) is 1. The number of aromatic nitrogens is 5. The van der Waals surface area contributed by atoms with Crippen molar-refractivity contribution >= 4 is 33.3 Å². The highest BCUT2D eigenvalue weighted by atomic mass is 32.2. The second-order valence-electron chi connectivity index (χ2n) is 6.57. The van der Waals surface area contributed by atoms with E-state index < -0.39 is 0 Å². The second-order valence-corrected chi connectivity index (χ2v) is 8.60. The summed E-state index contributed by atoms with van der Waals surface area (Å²) in [6.07, 6.45) is 3.21. The lowest BCUT2D eigenvalue weighted by Gasteiger charge is -2.04. The molecule has 1 aliphatic rings. The second kappa shape index (κ2) is 6.61. The topological polar surface area (TPSA) is 76.5 Å². The van der Waals surface area contributed by atoms with Gasteiger partial charge in [-0.3, -0.25) is 4.79 Å². The molecule has 1 N–H and O–H groups in total. The molecule has 0 bridgehead atoms. The summed E-state index contributed by atoms with van der Waals surface area (Å²) in [7, 11) is 1.95. The summed E-state index contributed by atoms with van der Waals surface area (Å²) in [6, 6.07) is 9.98. The van der Waals surface area contributed by atoms with Crippen molar-refractivity contribution < 1.29 is 0 Å². The van der Waals surface area contributed by atoms with Gasteiger partial charge in [-0.2, -0.15) is 0 Å². The lowest BCUT2D eigenvalue weighted by molar-refractivity contribution is 0.793. The van der Waals surface area contributed by atoms with E-state index in [4.69, 9.17) is 4.98 Å². The standard InChI is InChI=1S/C19H17N5OS2/c1-24-16(11-6-3-2-4-7-11)22-23-19(24)26-10-14-20-17(25)15-12-8-5-9-13(12)27-18(15)21-14/h2-4,6-7H,5,8-10H2,1H3,(H,20,21,25). The average Bonchev–Trinajstić information content (AvgIpc) is 3.35. The molecule has 5 rings (SSSR count). The quantitative estimate of drug-likeness (QED) is 0.535. The van der Waals surface area contributed by atoms with E-state index in [0.29, 0.717) is 11.6 Å². The first-order chi connectivity index (χ1) is 13.2. The van der Waals surface area contributed by atoms with Crippen molar-refractivity contribution in [3.8, 4) is 11.4 Å². The molecular formula is C19H17N5OS2. The Bertz CT molecular complexity index is 1190. The van der Waals surface area contributed by atoms with Gasteiger partial charge in [-0.05, 0) is 24.8 Å². The molecule has 6 nitrogen and oxygen atoms in total. The van der Waals surface area contributed by atoms with Crippen LogP contribution in [0.5, 0.6) is 0 Å². The molecule has 0 unspecified atom stereocenters. The van der Waals surface area contributed by atoms with Crippen molar-refractivity contribution in [3.05, 3.63) is 57.0 Å². The summed E-state index contributed by atoms with van der Waals surface area (Å²) >= 11 is 3.19. The van der Waals surface area contributed by atoms with Crippen LogP contribution in [0.3, 0.4) is 0 Å². The van der Waals surface area contributed by atoms with Crippen LogP contribution in [-0.4, -0.2) is 24.7 Å². The molecule has 0 atom stereocenters. The van der Waals surface area contributed by atoms with Crippen LogP contribution in [0.4, 0.5) is 0 Å². The largest absolute Gasteiger partial charge is 0.309 e. The Labute approximate surface area is 163 Å². The molecule has 0 saturated heterocycles. The first kappa shape index (κ1) is 16.7. The van der Waals surface area contributed by atoms with Gasteiger partial charge in [0.1, 0.15) is 10.7 Å². The Morgan fingerprint density at radius 1 is 1.22 bits per heavy atom. The zero-order valence-electron chi connectivity index (χ0n) is 14.7. The maximum absolute atomic E-state index is 12.6. The zero-order valence-corrected chi connectivity index (χ0v) is 16.4. The van der Waals surface area contributed by atoms with Crippen molar-refractivity contribution in [1.82, 2.24) is 24.7 Å². The molecular weight excluding hydrogens is 378 g/mol. The minimum atomic E-state index is -0.0158. The molecule has 1 aromatic carbocycles. The first-order valence-electron chi connectivity index (χ1n) is 8.82. The number of hydrogen-bond donors (Lipinski definition) is 1. The molecule has 3 aromatic heterocycles. The summed E-state index contributed by atoms with van der Waals surface area (Å²) in [4.78, 5) is 22.4. The Morgan fingerprint density at radius 3 is 2.93 bits per heavy atom. The number of aromatic amines is 1. The highest BCUT2D eigenvalue weighted by Crippen LogP contribution is 2.34. The Hall–Kier alpha value is -2.45.